The van der Waals surface area contributed by atoms with Crippen molar-refractivity contribution in [3.05, 3.63) is 18.0 Å². The predicted molar refractivity (Wildman–Crippen MR) is 59.7 cm³/mol. The Hall–Kier alpha value is -1.04. The summed E-state index contributed by atoms with van der Waals surface area (Å²) in [5, 5.41) is 7.01. The van der Waals surface area contributed by atoms with Gasteiger partial charge >= 0.3 is 6.18 Å². The van der Waals surface area contributed by atoms with E-state index < -0.39 is 18.6 Å². The summed E-state index contributed by atoms with van der Waals surface area (Å²) in [5.74, 6) is 0. The molecule has 1 atom stereocenters. The van der Waals surface area contributed by atoms with Gasteiger partial charge < -0.3 is 5.32 Å². The van der Waals surface area contributed by atoms with Gasteiger partial charge in [0.1, 0.15) is 0 Å². The molecule has 0 aromatic carbocycles. The minimum absolute atomic E-state index is 0.306. The minimum Gasteiger partial charge on any atom is -0.313 e. The average Bonchev–Trinajstić information content (AvgIpc) is 2.58. The fraction of sp³-hybridized carbons (Fsp3) is 0.727. The number of nitrogens with zero attached hydrogens (tertiary/aromatic N) is 2. The molecule has 1 rings (SSSR count). The molecule has 0 aliphatic rings. The summed E-state index contributed by atoms with van der Waals surface area (Å²) in [6, 6.07) is 1.15. The molecular weight excluding hydrogens is 231 g/mol. The second-order valence-electron chi connectivity index (χ2n) is 4.16. The lowest BCUT2D eigenvalue weighted by atomic mass is 10.1. The Labute approximate surface area is 99.0 Å². The van der Waals surface area contributed by atoms with Crippen molar-refractivity contribution in [1.29, 1.82) is 0 Å². The second kappa shape index (κ2) is 6.05. The molecule has 17 heavy (non-hydrogen) atoms. The summed E-state index contributed by atoms with van der Waals surface area (Å²) in [7, 11) is 1.75. The third kappa shape index (κ3) is 5.72. The maximum Gasteiger partial charge on any atom is 0.390 e. The highest BCUT2D eigenvalue weighted by Crippen LogP contribution is 2.22. The summed E-state index contributed by atoms with van der Waals surface area (Å²) >= 11 is 0. The van der Waals surface area contributed by atoms with Gasteiger partial charge in [-0.3, -0.25) is 4.68 Å². The van der Waals surface area contributed by atoms with Gasteiger partial charge in [0.05, 0.1) is 12.1 Å². The highest BCUT2D eigenvalue weighted by molar-refractivity contribution is 5.01. The monoisotopic (exact) mass is 249 g/mol. The number of alkyl halides is 3. The maximum absolute atomic E-state index is 12.4. The van der Waals surface area contributed by atoms with Crippen molar-refractivity contribution >= 4 is 0 Å². The molecule has 3 nitrogen and oxygen atoms in total. The molecule has 0 bridgehead atoms. The number of hydrogen-bond acceptors (Lipinski definition) is 2. The summed E-state index contributed by atoms with van der Waals surface area (Å²) in [6.07, 6.45) is -2.10. The number of rotatable bonds is 6. The number of halogens is 3. The van der Waals surface area contributed by atoms with Crippen molar-refractivity contribution in [2.24, 2.45) is 7.05 Å². The number of aryl methyl sites for hydroxylation is 1. The molecule has 98 valence electrons. The summed E-state index contributed by atoms with van der Waals surface area (Å²) in [6.45, 7) is 2.52. The highest BCUT2D eigenvalue weighted by Gasteiger charge is 2.31. The summed E-state index contributed by atoms with van der Waals surface area (Å²) in [5.41, 5.74) is 0.686. The van der Waals surface area contributed by atoms with Crippen LogP contribution < -0.4 is 5.32 Å². The van der Waals surface area contributed by atoms with Crippen molar-refractivity contribution in [1.82, 2.24) is 15.1 Å². The molecule has 0 fully saturated rings. The Kier molecular flexibility index (Phi) is 4.99. The fourth-order valence-electron chi connectivity index (χ4n) is 1.67. The van der Waals surface area contributed by atoms with Crippen LogP contribution in [0.1, 0.15) is 25.5 Å². The molecule has 0 amide bonds. The lowest BCUT2D eigenvalue weighted by molar-refractivity contribution is -0.139. The third-order valence-electron chi connectivity index (χ3n) is 2.39. The van der Waals surface area contributed by atoms with E-state index in [1.54, 1.807) is 24.0 Å². The Bertz CT molecular complexity index is 333. The third-order valence-corrected chi connectivity index (χ3v) is 2.39. The second-order valence-corrected chi connectivity index (χ2v) is 4.16. The predicted octanol–water partition coefficient (Wildman–Crippen LogP) is 2.28. The molecule has 1 aromatic rings. The van der Waals surface area contributed by atoms with Crippen LogP contribution in [0.2, 0.25) is 0 Å². The van der Waals surface area contributed by atoms with Crippen molar-refractivity contribution < 1.29 is 13.2 Å². The first kappa shape index (κ1) is 14.0. The molecular formula is C11H18F3N3. The molecule has 1 N–H and O–H groups in total. The van der Waals surface area contributed by atoms with Crippen molar-refractivity contribution in [3.63, 3.8) is 0 Å². The largest absolute Gasteiger partial charge is 0.390 e. The minimum atomic E-state index is -4.14. The lowest BCUT2D eigenvalue weighted by Gasteiger charge is -2.19. The zero-order chi connectivity index (χ0) is 12.9. The van der Waals surface area contributed by atoms with Crippen LogP contribution in [-0.2, 0) is 13.5 Å². The van der Waals surface area contributed by atoms with E-state index >= 15 is 0 Å². The topological polar surface area (TPSA) is 29.9 Å². The van der Waals surface area contributed by atoms with Gasteiger partial charge in [-0.15, -0.1) is 0 Å². The van der Waals surface area contributed by atoms with Gasteiger partial charge in [-0.1, -0.05) is 6.92 Å². The van der Waals surface area contributed by atoms with Crippen LogP contribution in [0.4, 0.5) is 13.2 Å². The molecule has 0 aliphatic heterocycles. The number of nitrogens with one attached hydrogen (secondary N) is 1. The van der Waals surface area contributed by atoms with Crippen LogP contribution in [0, 0.1) is 0 Å². The van der Waals surface area contributed by atoms with E-state index in [1.807, 2.05) is 6.92 Å². The zero-order valence-corrected chi connectivity index (χ0v) is 10.1. The smallest absolute Gasteiger partial charge is 0.313 e. The normalized spacial score (nSPS) is 13.9. The molecule has 0 saturated heterocycles. The zero-order valence-electron chi connectivity index (χ0n) is 10.1. The number of aromatic nitrogens is 2. The van der Waals surface area contributed by atoms with Crippen molar-refractivity contribution in [2.45, 2.75) is 38.4 Å². The van der Waals surface area contributed by atoms with Gasteiger partial charge in [-0.05, 0) is 19.0 Å². The Morgan fingerprint density at radius 3 is 2.65 bits per heavy atom. The molecule has 6 heteroatoms. The average molecular weight is 249 g/mol. The van der Waals surface area contributed by atoms with E-state index in [0.717, 1.165) is 6.42 Å². The SMILES string of the molecule is CCCNC(Cc1ccn(C)n1)CC(F)(F)F. The molecule has 0 aliphatic carbocycles. The Morgan fingerprint density at radius 1 is 1.47 bits per heavy atom. The molecule has 1 aromatic heterocycles. The van der Waals surface area contributed by atoms with Gasteiger partial charge in [-0.2, -0.15) is 18.3 Å². The van der Waals surface area contributed by atoms with Gasteiger partial charge in [0.25, 0.3) is 0 Å². The van der Waals surface area contributed by atoms with Gasteiger partial charge in [-0.25, -0.2) is 0 Å². The van der Waals surface area contributed by atoms with Gasteiger partial charge in [0, 0.05) is 25.7 Å². The number of hydrogen-bond donors (Lipinski definition) is 1. The van der Waals surface area contributed by atoms with Crippen LogP contribution in [0.25, 0.3) is 0 Å². The fourth-order valence-corrected chi connectivity index (χ4v) is 1.67. The summed E-state index contributed by atoms with van der Waals surface area (Å²) in [4.78, 5) is 0. The highest BCUT2D eigenvalue weighted by atomic mass is 19.4. The van der Waals surface area contributed by atoms with E-state index in [4.69, 9.17) is 0 Å². The van der Waals surface area contributed by atoms with E-state index in [0.29, 0.717) is 18.7 Å². The first-order chi connectivity index (χ1) is 7.90. The van der Waals surface area contributed by atoms with Crippen LogP contribution in [0.15, 0.2) is 12.3 Å². The van der Waals surface area contributed by atoms with Crippen molar-refractivity contribution in [2.75, 3.05) is 6.54 Å². The van der Waals surface area contributed by atoms with Crippen molar-refractivity contribution in [3.8, 4) is 0 Å². The Balaban J connectivity index is 2.56. The first-order valence-corrected chi connectivity index (χ1v) is 5.69. The van der Waals surface area contributed by atoms with E-state index in [1.165, 1.54) is 0 Å². The van der Waals surface area contributed by atoms with Crippen LogP contribution in [0.3, 0.4) is 0 Å². The van der Waals surface area contributed by atoms with Gasteiger partial charge in [0.2, 0.25) is 0 Å². The van der Waals surface area contributed by atoms with Gasteiger partial charge in [0.15, 0.2) is 0 Å². The Morgan fingerprint density at radius 2 is 2.18 bits per heavy atom. The molecule has 1 heterocycles. The van der Waals surface area contributed by atoms with Crippen LogP contribution in [0.5, 0.6) is 0 Å². The molecule has 1 unspecified atom stereocenters. The van der Waals surface area contributed by atoms with E-state index in [2.05, 4.69) is 10.4 Å². The summed E-state index contributed by atoms with van der Waals surface area (Å²) < 4.78 is 38.7. The van der Waals surface area contributed by atoms with Crippen LogP contribution >= 0.6 is 0 Å². The molecule has 0 saturated carbocycles. The molecule has 0 spiro atoms. The first-order valence-electron chi connectivity index (χ1n) is 5.69. The maximum atomic E-state index is 12.4. The lowest BCUT2D eigenvalue weighted by Crippen LogP contribution is -2.36. The van der Waals surface area contributed by atoms with E-state index in [-0.39, 0.29) is 0 Å². The quantitative estimate of drug-likeness (QED) is 0.838. The van der Waals surface area contributed by atoms with E-state index in [9.17, 15) is 13.2 Å². The molecule has 0 radical (unpaired) electrons. The standard InChI is InChI=1S/C11H18F3N3/c1-3-5-15-10(8-11(12,13)14)7-9-4-6-17(2)16-9/h4,6,10,15H,3,5,7-8H2,1-2H3. The van der Waals surface area contributed by atoms with Crippen LogP contribution in [-0.4, -0.2) is 28.5 Å².